The van der Waals surface area contributed by atoms with Crippen molar-refractivity contribution in [3.63, 3.8) is 0 Å². The molecular formula is C24H46O2. The van der Waals surface area contributed by atoms with Crippen LogP contribution in [0.15, 0.2) is 0 Å². The fourth-order valence-corrected chi connectivity index (χ4v) is 4.74. The summed E-state index contributed by atoms with van der Waals surface area (Å²) in [6, 6.07) is 0. The summed E-state index contributed by atoms with van der Waals surface area (Å²) in [6.45, 7) is 4.27. The zero-order valence-corrected chi connectivity index (χ0v) is 17.7. The lowest BCUT2D eigenvalue weighted by molar-refractivity contribution is 0.0400. The quantitative estimate of drug-likeness (QED) is 0.264. The number of rotatable bonds is 16. The van der Waals surface area contributed by atoms with Crippen LogP contribution in [0.25, 0.3) is 0 Å². The first-order valence-electron chi connectivity index (χ1n) is 12.1. The van der Waals surface area contributed by atoms with Crippen LogP contribution in [0.5, 0.6) is 0 Å². The first kappa shape index (κ1) is 22.2. The average Bonchev–Trinajstić information content (AvgIpc) is 3.32. The van der Waals surface area contributed by atoms with E-state index in [4.69, 9.17) is 9.47 Å². The summed E-state index contributed by atoms with van der Waals surface area (Å²) in [7, 11) is 0. The van der Waals surface area contributed by atoms with Crippen molar-refractivity contribution in [3.8, 4) is 0 Å². The van der Waals surface area contributed by atoms with Crippen molar-refractivity contribution in [1.29, 1.82) is 0 Å². The molecule has 0 bridgehead atoms. The lowest BCUT2D eigenvalue weighted by Gasteiger charge is -2.15. The molecule has 2 fully saturated rings. The average molecular weight is 367 g/mol. The number of ether oxygens (including phenoxy) is 2. The summed E-state index contributed by atoms with van der Waals surface area (Å²) in [5.74, 6) is 0.856. The number of unbranched alkanes of at least 4 members (excludes halogenated alkanes) is 9. The van der Waals surface area contributed by atoms with E-state index in [1.165, 1.54) is 116 Å². The van der Waals surface area contributed by atoms with Gasteiger partial charge in [0.15, 0.2) is 0 Å². The van der Waals surface area contributed by atoms with Gasteiger partial charge in [0.05, 0.1) is 12.2 Å². The molecule has 0 aromatic heterocycles. The van der Waals surface area contributed by atoms with Gasteiger partial charge in [-0.1, -0.05) is 77.6 Å². The Kier molecular flexibility index (Phi) is 12.7. The molecule has 2 heteroatoms. The van der Waals surface area contributed by atoms with E-state index in [1.54, 1.807) is 0 Å². The third-order valence-corrected chi connectivity index (χ3v) is 6.53. The second-order valence-electron chi connectivity index (χ2n) is 8.92. The Morgan fingerprint density at radius 2 is 1.23 bits per heavy atom. The highest BCUT2D eigenvalue weighted by molar-refractivity contribution is 4.76. The van der Waals surface area contributed by atoms with E-state index in [2.05, 4.69) is 6.92 Å². The maximum absolute atomic E-state index is 6.14. The Labute approximate surface area is 163 Å². The minimum Gasteiger partial charge on any atom is -0.378 e. The predicted octanol–water partition coefficient (Wildman–Crippen LogP) is 7.44. The third-order valence-electron chi connectivity index (χ3n) is 6.53. The minimum atomic E-state index is 0.546. The van der Waals surface area contributed by atoms with Gasteiger partial charge in [-0.3, -0.25) is 0 Å². The molecule has 0 aliphatic heterocycles. The van der Waals surface area contributed by atoms with Gasteiger partial charge in [0.1, 0.15) is 0 Å². The Morgan fingerprint density at radius 1 is 0.615 bits per heavy atom. The van der Waals surface area contributed by atoms with Crippen LogP contribution in [0.2, 0.25) is 0 Å². The first-order chi connectivity index (χ1) is 12.9. The normalized spacial score (nSPS) is 23.9. The molecule has 154 valence electrons. The van der Waals surface area contributed by atoms with Gasteiger partial charge >= 0.3 is 0 Å². The Morgan fingerprint density at radius 3 is 1.92 bits per heavy atom. The van der Waals surface area contributed by atoms with E-state index in [9.17, 15) is 0 Å². The monoisotopic (exact) mass is 366 g/mol. The summed E-state index contributed by atoms with van der Waals surface area (Å²) in [6.07, 6.45) is 25.7. The fourth-order valence-electron chi connectivity index (χ4n) is 4.74. The maximum Gasteiger partial charge on any atom is 0.0577 e. The van der Waals surface area contributed by atoms with Crippen molar-refractivity contribution in [1.82, 2.24) is 0 Å². The molecule has 2 aliphatic rings. The van der Waals surface area contributed by atoms with Gasteiger partial charge < -0.3 is 9.47 Å². The van der Waals surface area contributed by atoms with Crippen molar-refractivity contribution in [2.45, 2.75) is 135 Å². The molecule has 0 N–H and O–H groups in total. The minimum absolute atomic E-state index is 0.546. The first-order valence-corrected chi connectivity index (χ1v) is 12.1. The highest BCUT2D eigenvalue weighted by Gasteiger charge is 2.25. The van der Waals surface area contributed by atoms with Crippen molar-refractivity contribution >= 4 is 0 Å². The van der Waals surface area contributed by atoms with Crippen molar-refractivity contribution in [3.05, 3.63) is 0 Å². The molecule has 0 spiro atoms. The number of hydrogen-bond acceptors (Lipinski definition) is 2. The lowest BCUT2D eigenvalue weighted by Crippen LogP contribution is -2.12. The molecule has 2 saturated carbocycles. The summed E-state index contributed by atoms with van der Waals surface area (Å²) in [4.78, 5) is 0. The maximum atomic E-state index is 6.14. The van der Waals surface area contributed by atoms with Crippen LogP contribution in [-0.2, 0) is 9.47 Å². The zero-order chi connectivity index (χ0) is 18.3. The Balaban J connectivity index is 1.32. The summed E-state index contributed by atoms with van der Waals surface area (Å²) >= 11 is 0. The van der Waals surface area contributed by atoms with Gasteiger partial charge in [-0.25, -0.2) is 0 Å². The molecule has 2 rings (SSSR count). The molecule has 0 radical (unpaired) electrons. The Hall–Kier alpha value is -0.0800. The van der Waals surface area contributed by atoms with E-state index in [0.29, 0.717) is 12.2 Å². The van der Waals surface area contributed by atoms with Gasteiger partial charge in [-0.2, -0.15) is 0 Å². The van der Waals surface area contributed by atoms with Gasteiger partial charge in [-0.15, -0.1) is 0 Å². The molecule has 0 heterocycles. The summed E-state index contributed by atoms with van der Waals surface area (Å²) < 4.78 is 12.2. The van der Waals surface area contributed by atoms with Crippen LogP contribution >= 0.6 is 0 Å². The van der Waals surface area contributed by atoms with Crippen LogP contribution in [0, 0.1) is 5.92 Å². The summed E-state index contributed by atoms with van der Waals surface area (Å²) in [5.41, 5.74) is 0. The van der Waals surface area contributed by atoms with Gasteiger partial charge in [0, 0.05) is 13.2 Å². The lowest BCUT2D eigenvalue weighted by atomic mass is 10.0. The highest BCUT2D eigenvalue weighted by Crippen LogP contribution is 2.31. The van der Waals surface area contributed by atoms with Gasteiger partial charge in [0.2, 0.25) is 0 Å². The molecule has 2 unspecified atom stereocenters. The van der Waals surface area contributed by atoms with Crippen molar-refractivity contribution < 1.29 is 9.47 Å². The van der Waals surface area contributed by atoms with Crippen LogP contribution in [0.1, 0.15) is 122 Å². The van der Waals surface area contributed by atoms with Crippen LogP contribution in [0.3, 0.4) is 0 Å². The van der Waals surface area contributed by atoms with E-state index in [-0.39, 0.29) is 0 Å². The standard InChI is InChI=1S/C24H46O2/c1-2-3-4-5-6-7-8-9-10-13-19-25-24-17-16-22(21-24)18-20-26-23-14-11-12-15-23/h22-24H,2-21H2,1H3. The third kappa shape index (κ3) is 10.3. The van der Waals surface area contributed by atoms with Crippen LogP contribution < -0.4 is 0 Å². The Bertz CT molecular complexity index is 311. The molecule has 0 saturated heterocycles. The van der Waals surface area contributed by atoms with Crippen molar-refractivity contribution in [2.24, 2.45) is 5.92 Å². The topological polar surface area (TPSA) is 18.5 Å². The molecule has 26 heavy (non-hydrogen) atoms. The highest BCUT2D eigenvalue weighted by atomic mass is 16.5. The second-order valence-corrected chi connectivity index (χ2v) is 8.92. The molecule has 0 aromatic rings. The summed E-state index contributed by atoms with van der Waals surface area (Å²) in [5, 5.41) is 0. The predicted molar refractivity (Wildman–Crippen MR) is 112 cm³/mol. The smallest absolute Gasteiger partial charge is 0.0577 e. The van der Waals surface area contributed by atoms with E-state index in [1.807, 2.05) is 0 Å². The second kappa shape index (κ2) is 14.9. The molecule has 0 amide bonds. The van der Waals surface area contributed by atoms with E-state index in [0.717, 1.165) is 19.1 Å². The van der Waals surface area contributed by atoms with E-state index >= 15 is 0 Å². The van der Waals surface area contributed by atoms with Crippen LogP contribution in [-0.4, -0.2) is 25.4 Å². The molecule has 2 atom stereocenters. The SMILES string of the molecule is CCCCCCCCCCCCOC1CCC(CCOC2CCCC2)C1. The van der Waals surface area contributed by atoms with Crippen LogP contribution in [0.4, 0.5) is 0 Å². The molecule has 2 nitrogen and oxygen atoms in total. The van der Waals surface area contributed by atoms with E-state index < -0.39 is 0 Å². The van der Waals surface area contributed by atoms with Gasteiger partial charge in [-0.05, 0) is 50.9 Å². The van der Waals surface area contributed by atoms with Crippen molar-refractivity contribution in [2.75, 3.05) is 13.2 Å². The number of hydrogen-bond donors (Lipinski definition) is 0. The largest absolute Gasteiger partial charge is 0.378 e. The molecule has 2 aliphatic carbocycles. The molecular weight excluding hydrogens is 320 g/mol. The zero-order valence-electron chi connectivity index (χ0n) is 17.7. The molecule has 0 aromatic carbocycles. The van der Waals surface area contributed by atoms with Gasteiger partial charge in [0.25, 0.3) is 0 Å². The fraction of sp³-hybridized carbons (Fsp3) is 1.00.